The van der Waals surface area contributed by atoms with E-state index in [0.717, 1.165) is 45.3 Å². The monoisotopic (exact) mass is 409 g/mol. The zero-order valence-corrected chi connectivity index (χ0v) is 18.4. The minimum Gasteiger partial charge on any atom is -0.466 e. The van der Waals surface area contributed by atoms with E-state index in [0.29, 0.717) is 13.0 Å². The van der Waals surface area contributed by atoms with E-state index < -0.39 is 0 Å². The number of hydrogen-bond donors (Lipinski definition) is 0. The second-order valence-corrected chi connectivity index (χ2v) is 8.14. The predicted molar refractivity (Wildman–Crippen MR) is 120 cm³/mol. The highest BCUT2D eigenvalue weighted by atomic mass is 16.5. The van der Waals surface area contributed by atoms with Crippen molar-refractivity contribution in [1.82, 2.24) is 4.90 Å². The summed E-state index contributed by atoms with van der Waals surface area (Å²) < 4.78 is 11.6. The van der Waals surface area contributed by atoms with Crippen molar-refractivity contribution in [1.29, 1.82) is 0 Å². The largest absolute Gasteiger partial charge is 0.466 e. The summed E-state index contributed by atoms with van der Waals surface area (Å²) in [6.07, 6.45) is 4.82. The Morgan fingerprint density at radius 3 is 2.33 bits per heavy atom. The number of rotatable bonds is 10. The third-order valence-electron chi connectivity index (χ3n) is 5.76. The van der Waals surface area contributed by atoms with Gasteiger partial charge >= 0.3 is 5.97 Å². The van der Waals surface area contributed by atoms with Crippen molar-refractivity contribution in [3.8, 4) is 0 Å². The van der Waals surface area contributed by atoms with E-state index >= 15 is 0 Å². The van der Waals surface area contributed by atoms with E-state index in [-0.39, 0.29) is 18.2 Å². The van der Waals surface area contributed by atoms with Crippen molar-refractivity contribution in [3.05, 3.63) is 71.3 Å². The van der Waals surface area contributed by atoms with Gasteiger partial charge in [-0.2, -0.15) is 0 Å². The Bertz CT molecular complexity index is 752. The molecule has 3 rings (SSSR count). The number of carbonyl (C=O) groups is 1. The maximum atomic E-state index is 11.4. The summed E-state index contributed by atoms with van der Waals surface area (Å²) in [5.74, 6) is -0.0762. The number of aryl methyl sites for hydroxylation is 1. The van der Waals surface area contributed by atoms with Gasteiger partial charge in [-0.3, -0.25) is 4.79 Å². The first-order valence-corrected chi connectivity index (χ1v) is 11.3. The fourth-order valence-electron chi connectivity index (χ4n) is 4.02. The van der Waals surface area contributed by atoms with Crippen molar-refractivity contribution >= 4 is 5.97 Å². The first-order valence-electron chi connectivity index (χ1n) is 11.3. The first kappa shape index (κ1) is 22.5. The third-order valence-corrected chi connectivity index (χ3v) is 5.76. The van der Waals surface area contributed by atoms with Crippen molar-refractivity contribution in [3.63, 3.8) is 0 Å². The summed E-state index contributed by atoms with van der Waals surface area (Å²) in [5.41, 5.74) is 3.69. The van der Waals surface area contributed by atoms with E-state index in [9.17, 15) is 4.79 Å². The molecule has 0 bridgehead atoms. The van der Waals surface area contributed by atoms with Crippen LogP contribution in [0.4, 0.5) is 0 Å². The van der Waals surface area contributed by atoms with Gasteiger partial charge in [0.15, 0.2) is 0 Å². The van der Waals surface area contributed by atoms with Gasteiger partial charge in [0, 0.05) is 19.5 Å². The molecular weight excluding hydrogens is 374 g/mol. The fourth-order valence-corrected chi connectivity index (χ4v) is 4.02. The number of ether oxygens (including phenoxy) is 2. The lowest BCUT2D eigenvalue weighted by Gasteiger charge is -2.34. The van der Waals surface area contributed by atoms with Gasteiger partial charge in [-0.25, -0.2) is 0 Å². The third kappa shape index (κ3) is 6.96. The van der Waals surface area contributed by atoms with E-state index in [4.69, 9.17) is 9.47 Å². The van der Waals surface area contributed by atoms with Gasteiger partial charge in [-0.1, -0.05) is 60.2 Å². The number of esters is 1. The molecule has 1 aliphatic rings. The fraction of sp³-hybridized carbons (Fsp3) is 0.500. The minimum absolute atomic E-state index is 0.0204. The van der Waals surface area contributed by atoms with Crippen LogP contribution in [0.25, 0.3) is 0 Å². The van der Waals surface area contributed by atoms with Crippen molar-refractivity contribution in [2.24, 2.45) is 0 Å². The highest BCUT2D eigenvalue weighted by Gasteiger charge is 2.24. The number of hydrogen-bond acceptors (Lipinski definition) is 4. The number of piperidine rings is 1. The number of unbranched alkanes of at least 4 members (excludes halogenated alkanes) is 1. The van der Waals surface area contributed by atoms with Gasteiger partial charge < -0.3 is 14.4 Å². The molecule has 0 radical (unpaired) electrons. The zero-order valence-electron chi connectivity index (χ0n) is 18.4. The van der Waals surface area contributed by atoms with Crippen LogP contribution >= 0.6 is 0 Å². The lowest BCUT2D eigenvalue weighted by molar-refractivity contribution is -0.143. The summed E-state index contributed by atoms with van der Waals surface area (Å²) in [6, 6.07) is 19.2. The van der Waals surface area contributed by atoms with Crippen LogP contribution in [0.3, 0.4) is 0 Å². The van der Waals surface area contributed by atoms with Crippen molar-refractivity contribution < 1.29 is 14.3 Å². The van der Waals surface area contributed by atoms with Gasteiger partial charge in [-0.05, 0) is 57.2 Å². The second-order valence-electron chi connectivity index (χ2n) is 8.14. The molecular formula is C26H35NO3. The normalized spacial score (nSPS) is 16.3. The standard InChI is InChI=1S/C26H35NO3/c1-3-29-25(28)11-7-8-18-27-19-16-24(17-20-27)30-26(22-9-5-4-6-10-22)23-14-12-21(2)13-15-23/h4-6,9-10,12-15,24,26H,3,7-8,11,16-20H2,1-2H3. The molecule has 1 saturated heterocycles. The zero-order chi connectivity index (χ0) is 21.2. The summed E-state index contributed by atoms with van der Waals surface area (Å²) in [4.78, 5) is 13.9. The Balaban J connectivity index is 1.49. The molecule has 0 spiro atoms. The molecule has 1 aliphatic heterocycles. The Kier molecular flexibility index (Phi) is 8.91. The lowest BCUT2D eigenvalue weighted by Crippen LogP contribution is -2.38. The molecule has 0 N–H and O–H groups in total. The summed E-state index contributed by atoms with van der Waals surface area (Å²) >= 11 is 0. The molecule has 2 aromatic rings. The average Bonchev–Trinajstić information content (AvgIpc) is 2.77. The predicted octanol–water partition coefficient (Wildman–Crippen LogP) is 5.30. The van der Waals surface area contributed by atoms with Crippen LogP contribution in [0.15, 0.2) is 54.6 Å². The van der Waals surface area contributed by atoms with E-state index in [2.05, 4.69) is 66.4 Å². The van der Waals surface area contributed by atoms with Gasteiger partial charge in [0.1, 0.15) is 6.10 Å². The average molecular weight is 410 g/mol. The molecule has 4 heteroatoms. The van der Waals surface area contributed by atoms with Gasteiger partial charge in [0.2, 0.25) is 0 Å². The highest BCUT2D eigenvalue weighted by Crippen LogP contribution is 2.30. The van der Waals surface area contributed by atoms with Crippen molar-refractivity contribution in [2.75, 3.05) is 26.2 Å². The first-order chi connectivity index (χ1) is 14.7. The SMILES string of the molecule is CCOC(=O)CCCCN1CCC(OC(c2ccccc2)c2ccc(C)cc2)CC1. The molecule has 162 valence electrons. The molecule has 1 heterocycles. The van der Waals surface area contributed by atoms with Crippen molar-refractivity contribution in [2.45, 2.75) is 58.2 Å². The molecule has 0 aliphatic carbocycles. The van der Waals surface area contributed by atoms with Gasteiger partial charge in [-0.15, -0.1) is 0 Å². The van der Waals surface area contributed by atoms with Crippen LogP contribution in [0, 0.1) is 6.92 Å². The van der Waals surface area contributed by atoms with Crippen LogP contribution < -0.4 is 0 Å². The van der Waals surface area contributed by atoms with Gasteiger partial charge in [0.05, 0.1) is 12.7 Å². The lowest BCUT2D eigenvalue weighted by atomic mass is 9.99. The molecule has 2 aromatic carbocycles. The molecule has 0 amide bonds. The van der Waals surface area contributed by atoms with E-state index in [1.165, 1.54) is 16.7 Å². The Morgan fingerprint density at radius 1 is 1.00 bits per heavy atom. The Labute approximate surface area is 181 Å². The molecule has 4 nitrogen and oxygen atoms in total. The molecule has 1 atom stereocenters. The molecule has 30 heavy (non-hydrogen) atoms. The summed E-state index contributed by atoms with van der Waals surface area (Å²) in [5, 5.41) is 0. The summed E-state index contributed by atoms with van der Waals surface area (Å²) in [7, 11) is 0. The molecule has 0 aromatic heterocycles. The molecule has 1 fully saturated rings. The topological polar surface area (TPSA) is 38.8 Å². The number of nitrogens with zero attached hydrogens (tertiary/aromatic N) is 1. The maximum Gasteiger partial charge on any atom is 0.305 e. The van der Waals surface area contributed by atoms with Crippen LogP contribution in [0.5, 0.6) is 0 Å². The summed E-state index contributed by atoms with van der Waals surface area (Å²) in [6.45, 7) is 7.60. The molecule has 0 saturated carbocycles. The highest BCUT2D eigenvalue weighted by molar-refractivity contribution is 5.69. The van der Waals surface area contributed by atoms with Crippen LogP contribution in [-0.2, 0) is 14.3 Å². The minimum atomic E-state index is -0.0762. The van der Waals surface area contributed by atoms with Crippen LogP contribution in [0.2, 0.25) is 0 Å². The van der Waals surface area contributed by atoms with Gasteiger partial charge in [0.25, 0.3) is 0 Å². The quantitative estimate of drug-likeness (QED) is 0.394. The number of carbonyl (C=O) groups excluding carboxylic acids is 1. The maximum absolute atomic E-state index is 11.4. The number of likely N-dealkylation sites (tertiary alicyclic amines) is 1. The van der Waals surface area contributed by atoms with E-state index in [1.807, 2.05) is 6.92 Å². The Morgan fingerprint density at radius 2 is 1.67 bits per heavy atom. The number of benzene rings is 2. The van der Waals surface area contributed by atoms with Crippen LogP contribution in [0.1, 0.15) is 61.8 Å². The Hall–Kier alpha value is -2.17. The van der Waals surface area contributed by atoms with E-state index in [1.54, 1.807) is 0 Å². The molecule has 1 unspecified atom stereocenters. The van der Waals surface area contributed by atoms with Crippen LogP contribution in [-0.4, -0.2) is 43.2 Å². The smallest absolute Gasteiger partial charge is 0.305 e. The second kappa shape index (κ2) is 11.9.